The molecule has 3 heterocycles. The van der Waals surface area contributed by atoms with Crippen LogP contribution in [0.4, 0.5) is 5.13 Å². The monoisotopic (exact) mass is 299 g/mol. The van der Waals surface area contributed by atoms with Crippen LogP contribution in [0.25, 0.3) is 11.0 Å². The van der Waals surface area contributed by atoms with Crippen LogP contribution in [0.5, 0.6) is 0 Å². The Morgan fingerprint density at radius 3 is 3.24 bits per heavy atom. The van der Waals surface area contributed by atoms with Crippen LogP contribution in [-0.4, -0.2) is 25.2 Å². The van der Waals surface area contributed by atoms with E-state index in [1.54, 1.807) is 6.20 Å². The molecule has 3 aromatic rings. The van der Waals surface area contributed by atoms with Gasteiger partial charge in [0.05, 0.1) is 17.5 Å². The molecule has 0 bridgehead atoms. The second kappa shape index (κ2) is 4.92. The van der Waals surface area contributed by atoms with E-state index in [0.717, 1.165) is 35.3 Å². The van der Waals surface area contributed by atoms with Crippen LogP contribution in [0, 0.1) is 0 Å². The van der Waals surface area contributed by atoms with Gasteiger partial charge in [-0.15, -0.1) is 0 Å². The summed E-state index contributed by atoms with van der Waals surface area (Å²) in [6, 6.07) is 3.81. The third-order valence-electron chi connectivity index (χ3n) is 3.50. The van der Waals surface area contributed by atoms with E-state index in [9.17, 15) is 4.79 Å². The summed E-state index contributed by atoms with van der Waals surface area (Å²) in [4.78, 5) is 23.9. The summed E-state index contributed by atoms with van der Waals surface area (Å²) < 4.78 is 4.28. The first kappa shape index (κ1) is 12.5. The highest BCUT2D eigenvalue weighted by molar-refractivity contribution is 7.09. The fourth-order valence-corrected chi connectivity index (χ4v) is 2.94. The van der Waals surface area contributed by atoms with E-state index in [1.807, 2.05) is 18.3 Å². The third kappa shape index (κ3) is 2.52. The molecule has 106 valence electrons. The van der Waals surface area contributed by atoms with Gasteiger partial charge in [-0.25, -0.2) is 4.98 Å². The molecule has 1 aliphatic rings. The average molecular weight is 299 g/mol. The summed E-state index contributed by atoms with van der Waals surface area (Å²) >= 11 is 1.25. The third-order valence-corrected chi connectivity index (χ3v) is 4.14. The lowest BCUT2D eigenvalue weighted by Gasteiger charge is -1.99. The van der Waals surface area contributed by atoms with Crippen LogP contribution >= 0.6 is 11.5 Å². The van der Waals surface area contributed by atoms with Gasteiger partial charge in [0.2, 0.25) is 11.0 Å². The molecule has 0 atom stereocenters. The Morgan fingerprint density at radius 2 is 2.38 bits per heavy atom. The van der Waals surface area contributed by atoms with Gasteiger partial charge in [-0.3, -0.25) is 9.78 Å². The fraction of sp³-hybridized carbons (Fsp3) is 0.286. The summed E-state index contributed by atoms with van der Waals surface area (Å²) in [6.45, 7) is 0. The molecule has 4 rings (SSSR count). The molecule has 0 saturated heterocycles. The van der Waals surface area contributed by atoms with E-state index in [-0.39, 0.29) is 12.3 Å². The highest BCUT2D eigenvalue weighted by atomic mass is 32.1. The quantitative estimate of drug-likeness (QED) is 0.775. The predicted molar refractivity (Wildman–Crippen MR) is 80.3 cm³/mol. The SMILES string of the molecule is O=C(Cc1c[nH]c2cccnc12)Nc1nc(C2CC2)ns1. The van der Waals surface area contributed by atoms with Crippen LogP contribution in [0.2, 0.25) is 0 Å². The van der Waals surface area contributed by atoms with Gasteiger partial charge in [0.15, 0.2) is 0 Å². The summed E-state index contributed by atoms with van der Waals surface area (Å²) in [5.74, 6) is 1.27. The van der Waals surface area contributed by atoms with E-state index in [0.29, 0.717) is 11.0 Å². The number of aromatic nitrogens is 4. The zero-order valence-corrected chi connectivity index (χ0v) is 12.0. The molecule has 0 aliphatic heterocycles. The highest BCUT2D eigenvalue weighted by Crippen LogP contribution is 2.39. The summed E-state index contributed by atoms with van der Waals surface area (Å²) in [5, 5.41) is 3.39. The first-order chi connectivity index (χ1) is 10.3. The fourth-order valence-electron chi connectivity index (χ4n) is 2.28. The number of anilines is 1. The van der Waals surface area contributed by atoms with Crippen molar-refractivity contribution in [2.75, 3.05) is 5.32 Å². The maximum atomic E-state index is 12.1. The minimum atomic E-state index is -0.0972. The smallest absolute Gasteiger partial charge is 0.230 e. The average Bonchev–Trinajstić information content (AvgIpc) is 3.12. The second-order valence-corrected chi connectivity index (χ2v) is 5.92. The molecule has 7 heteroatoms. The molecule has 2 N–H and O–H groups in total. The standard InChI is InChI=1S/C14H13N5OS/c20-11(17-14-18-13(19-21-14)8-3-4-8)6-9-7-16-10-2-1-5-15-12(9)10/h1-2,5,7-8,16H,3-4,6H2,(H,17,18,19,20). The van der Waals surface area contributed by atoms with Crippen LogP contribution in [0.15, 0.2) is 24.5 Å². The molecule has 0 unspecified atom stereocenters. The van der Waals surface area contributed by atoms with Crippen molar-refractivity contribution in [2.24, 2.45) is 0 Å². The van der Waals surface area contributed by atoms with Gasteiger partial charge in [-0.05, 0) is 25.0 Å². The number of nitrogens with zero attached hydrogens (tertiary/aromatic N) is 3. The molecule has 3 aromatic heterocycles. The summed E-state index contributed by atoms with van der Waals surface area (Å²) in [5.41, 5.74) is 2.66. The minimum absolute atomic E-state index is 0.0972. The maximum absolute atomic E-state index is 12.1. The number of hydrogen-bond acceptors (Lipinski definition) is 5. The van der Waals surface area contributed by atoms with Gasteiger partial charge in [0.25, 0.3) is 0 Å². The molecule has 1 aliphatic carbocycles. The second-order valence-electron chi connectivity index (χ2n) is 5.17. The van der Waals surface area contributed by atoms with Crippen LogP contribution in [0.3, 0.4) is 0 Å². The lowest BCUT2D eigenvalue weighted by molar-refractivity contribution is -0.115. The van der Waals surface area contributed by atoms with Gasteiger partial charge in [0, 0.05) is 35.4 Å². The number of hydrogen-bond donors (Lipinski definition) is 2. The van der Waals surface area contributed by atoms with Crippen LogP contribution < -0.4 is 5.32 Å². The number of fused-ring (bicyclic) bond motifs is 1. The lowest BCUT2D eigenvalue weighted by Crippen LogP contribution is -2.14. The van der Waals surface area contributed by atoms with Crippen molar-refractivity contribution in [3.05, 3.63) is 35.9 Å². The Labute approximate surface area is 124 Å². The zero-order chi connectivity index (χ0) is 14.2. The maximum Gasteiger partial charge on any atom is 0.230 e. The van der Waals surface area contributed by atoms with Crippen molar-refractivity contribution >= 4 is 33.6 Å². The van der Waals surface area contributed by atoms with Crippen molar-refractivity contribution in [2.45, 2.75) is 25.2 Å². The van der Waals surface area contributed by atoms with Crippen molar-refractivity contribution in [3.63, 3.8) is 0 Å². The van der Waals surface area contributed by atoms with E-state index < -0.39 is 0 Å². The first-order valence-corrected chi connectivity index (χ1v) is 7.61. The van der Waals surface area contributed by atoms with Crippen LogP contribution in [0.1, 0.15) is 30.1 Å². The molecule has 1 saturated carbocycles. The zero-order valence-electron chi connectivity index (χ0n) is 11.2. The number of nitrogens with one attached hydrogen (secondary N) is 2. The van der Waals surface area contributed by atoms with Gasteiger partial charge in [-0.2, -0.15) is 4.37 Å². The Kier molecular flexibility index (Phi) is 2.92. The molecule has 6 nitrogen and oxygen atoms in total. The van der Waals surface area contributed by atoms with Crippen molar-refractivity contribution < 1.29 is 4.79 Å². The Hall–Kier alpha value is -2.28. The number of H-pyrrole nitrogens is 1. The molecule has 0 spiro atoms. The lowest BCUT2D eigenvalue weighted by atomic mass is 10.2. The number of aromatic amines is 1. The predicted octanol–water partition coefficient (Wildman–Crippen LogP) is 2.47. The summed E-state index contributed by atoms with van der Waals surface area (Å²) in [7, 11) is 0. The molecule has 1 amide bonds. The van der Waals surface area contributed by atoms with Gasteiger partial charge < -0.3 is 10.3 Å². The van der Waals surface area contributed by atoms with Gasteiger partial charge in [0.1, 0.15) is 5.82 Å². The van der Waals surface area contributed by atoms with E-state index in [1.165, 1.54) is 11.5 Å². The molecule has 0 radical (unpaired) electrons. The first-order valence-electron chi connectivity index (χ1n) is 6.84. The van der Waals surface area contributed by atoms with E-state index >= 15 is 0 Å². The van der Waals surface area contributed by atoms with Crippen molar-refractivity contribution in [1.29, 1.82) is 0 Å². The number of carbonyl (C=O) groups is 1. The number of carbonyl (C=O) groups excluding carboxylic acids is 1. The van der Waals surface area contributed by atoms with Crippen LogP contribution in [-0.2, 0) is 11.2 Å². The Balaban J connectivity index is 1.47. The molecular weight excluding hydrogens is 286 g/mol. The largest absolute Gasteiger partial charge is 0.360 e. The highest BCUT2D eigenvalue weighted by Gasteiger charge is 2.28. The van der Waals surface area contributed by atoms with Gasteiger partial charge >= 0.3 is 0 Å². The molecule has 21 heavy (non-hydrogen) atoms. The number of pyridine rings is 1. The number of amides is 1. The molecular formula is C14H13N5OS. The van der Waals surface area contributed by atoms with Gasteiger partial charge in [-0.1, -0.05) is 0 Å². The topological polar surface area (TPSA) is 83.6 Å². The normalized spacial score (nSPS) is 14.5. The van der Waals surface area contributed by atoms with Crippen molar-refractivity contribution in [1.82, 2.24) is 19.3 Å². The Morgan fingerprint density at radius 1 is 1.48 bits per heavy atom. The number of rotatable bonds is 4. The molecule has 0 aromatic carbocycles. The minimum Gasteiger partial charge on any atom is -0.360 e. The van der Waals surface area contributed by atoms with E-state index in [4.69, 9.17) is 0 Å². The van der Waals surface area contributed by atoms with E-state index in [2.05, 4.69) is 24.6 Å². The Bertz CT molecular complexity index is 804. The van der Waals surface area contributed by atoms with Crippen molar-refractivity contribution in [3.8, 4) is 0 Å². The molecule has 1 fully saturated rings. The summed E-state index contributed by atoms with van der Waals surface area (Å²) in [6.07, 6.45) is 6.14.